The molecule has 0 unspecified atom stereocenters. The van der Waals surface area contributed by atoms with E-state index >= 15 is 0 Å². The summed E-state index contributed by atoms with van der Waals surface area (Å²) in [7, 11) is 0. The third-order valence-electron chi connectivity index (χ3n) is 2.05. The molecule has 5 nitrogen and oxygen atoms in total. The molecule has 7 heteroatoms. The van der Waals surface area contributed by atoms with Crippen LogP contribution in [0.15, 0.2) is 22.9 Å². The fourth-order valence-electron chi connectivity index (χ4n) is 1.37. The molecule has 3 rings (SSSR count). The van der Waals surface area contributed by atoms with Gasteiger partial charge in [-0.1, -0.05) is 5.10 Å². The molecular formula is C9H5IN4OS. The van der Waals surface area contributed by atoms with E-state index in [2.05, 4.69) is 37.8 Å². The maximum Gasteiger partial charge on any atom is 0.313 e. The first-order valence-electron chi connectivity index (χ1n) is 4.36. The number of rotatable bonds is 1. The van der Waals surface area contributed by atoms with Crippen molar-refractivity contribution in [1.82, 2.24) is 15.2 Å². The predicted octanol–water partition coefficient (Wildman–Crippen LogP) is 2.53. The molecule has 0 bridgehead atoms. The van der Waals surface area contributed by atoms with E-state index < -0.39 is 0 Å². The van der Waals surface area contributed by atoms with E-state index in [0.717, 1.165) is 18.5 Å². The van der Waals surface area contributed by atoms with Gasteiger partial charge in [-0.2, -0.15) is 0 Å². The van der Waals surface area contributed by atoms with Crippen molar-refractivity contribution in [2.45, 2.75) is 0 Å². The molecule has 0 radical (unpaired) electrons. The Morgan fingerprint density at radius 3 is 2.88 bits per heavy atom. The van der Waals surface area contributed by atoms with Crippen LogP contribution in [0.4, 0.5) is 6.01 Å². The molecule has 2 N–H and O–H groups in total. The molecule has 3 heterocycles. The van der Waals surface area contributed by atoms with Crippen molar-refractivity contribution in [3.63, 3.8) is 0 Å². The van der Waals surface area contributed by atoms with Crippen LogP contribution in [0.5, 0.6) is 0 Å². The lowest BCUT2D eigenvalue weighted by molar-refractivity contribution is 0.592. The molecule has 0 aliphatic heterocycles. The van der Waals surface area contributed by atoms with Gasteiger partial charge in [-0.05, 0) is 28.7 Å². The van der Waals surface area contributed by atoms with Gasteiger partial charge < -0.3 is 10.2 Å². The molecule has 0 saturated heterocycles. The molecule has 0 aliphatic rings. The highest BCUT2D eigenvalue weighted by Crippen LogP contribution is 2.34. The van der Waals surface area contributed by atoms with Gasteiger partial charge in [0, 0.05) is 21.4 Å². The smallest absolute Gasteiger partial charge is 0.313 e. The van der Waals surface area contributed by atoms with Crippen molar-refractivity contribution >= 4 is 50.0 Å². The molecule has 0 aromatic carbocycles. The van der Waals surface area contributed by atoms with Gasteiger partial charge in [-0.15, -0.1) is 16.4 Å². The second-order valence-electron chi connectivity index (χ2n) is 3.09. The molecule has 0 amide bonds. The van der Waals surface area contributed by atoms with Crippen LogP contribution in [0, 0.1) is 3.57 Å². The Morgan fingerprint density at radius 1 is 1.31 bits per heavy atom. The fraction of sp³-hybridized carbons (Fsp3) is 0. The van der Waals surface area contributed by atoms with Gasteiger partial charge in [0.15, 0.2) is 0 Å². The summed E-state index contributed by atoms with van der Waals surface area (Å²) in [6, 6.07) is 2.09. The lowest BCUT2D eigenvalue weighted by Gasteiger charge is -1.89. The first-order chi connectivity index (χ1) is 7.74. The number of nitrogens with zero attached hydrogens (tertiary/aromatic N) is 3. The number of pyridine rings is 1. The maximum absolute atomic E-state index is 5.39. The van der Waals surface area contributed by atoms with E-state index in [-0.39, 0.29) is 6.01 Å². The van der Waals surface area contributed by atoms with Crippen molar-refractivity contribution in [2.24, 2.45) is 0 Å². The number of aromatic nitrogens is 3. The summed E-state index contributed by atoms with van der Waals surface area (Å²) in [5, 5.41) is 8.64. The molecule has 0 atom stereocenters. The molecule has 3 aromatic heterocycles. The first-order valence-corrected chi connectivity index (χ1v) is 6.26. The third-order valence-corrected chi connectivity index (χ3v) is 3.97. The van der Waals surface area contributed by atoms with E-state index in [1.807, 2.05) is 18.5 Å². The lowest BCUT2D eigenvalue weighted by atomic mass is 10.3. The van der Waals surface area contributed by atoms with Gasteiger partial charge >= 0.3 is 6.01 Å². The van der Waals surface area contributed by atoms with Crippen LogP contribution in [0.2, 0.25) is 0 Å². The minimum atomic E-state index is 0.0836. The summed E-state index contributed by atoms with van der Waals surface area (Å²) >= 11 is 3.81. The molecule has 0 fully saturated rings. The summed E-state index contributed by atoms with van der Waals surface area (Å²) in [5.41, 5.74) is 5.39. The van der Waals surface area contributed by atoms with Crippen LogP contribution < -0.4 is 5.73 Å². The Labute approximate surface area is 108 Å². The number of hydrogen-bond donors (Lipinski definition) is 1. The zero-order chi connectivity index (χ0) is 11.1. The lowest BCUT2D eigenvalue weighted by Crippen LogP contribution is -1.81. The fourth-order valence-corrected chi connectivity index (χ4v) is 3.13. The van der Waals surface area contributed by atoms with E-state index in [1.165, 1.54) is 0 Å². The Morgan fingerprint density at radius 2 is 2.19 bits per heavy atom. The molecular weight excluding hydrogens is 339 g/mol. The Bertz CT molecular complexity index is 662. The number of hydrogen-bond acceptors (Lipinski definition) is 6. The van der Waals surface area contributed by atoms with Crippen LogP contribution in [0.1, 0.15) is 0 Å². The second kappa shape index (κ2) is 3.67. The van der Waals surface area contributed by atoms with Crippen molar-refractivity contribution < 1.29 is 4.42 Å². The van der Waals surface area contributed by atoms with E-state index in [0.29, 0.717) is 5.89 Å². The van der Waals surface area contributed by atoms with Crippen LogP contribution in [-0.2, 0) is 0 Å². The maximum atomic E-state index is 5.39. The summed E-state index contributed by atoms with van der Waals surface area (Å²) < 4.78 is 7.38. The monoisotopic (exact) mass is 344 g/mol. The number of nitrogens with two attached hydrogens (primary N) is 1. The Balaban J connectivity index is 2.22. The number of halogens is 1. The van der Waals surface area contributed by atoms with E-state index in [1.54, 1.807) is 11.3 Å². The van der Waals surface area contributed by atoms with Gasteiger partial charge in [0.2, 0.25) is 0 Å². The standard InChI is InChI=1S/C9H5IN4OS/c10-5-2-12-3-7-4(5)1-6(16-7)8-13-14-9(11)15-8/h1-3H,(H2,11,14). The predicted molar refractivity (Wildman–Crippen MR) is 70.0 cm³/mol. The van der Waals surface area contributed by atoms with Gasteiger partial charge in [-0.25, -0.2) is 0 Å². The highest BCUT2D eigenvalue weighted by Gasteiger charge is 2.11. The molecule has 80 valence electrons. The van der Waals surface area contributed by atoms with Gasteiger partial charge in [0.25, 0.3) is 5.89 Å². The van der Waals surface area contributed by atoms with Crippen LogP contribution in [0.3, 0.4) is 0 Å². The third kappa shape index (κ3) is 1.55. The molecule has 0 spiro atoms. The normalized spacial score (nSPS) is 11.1. The largest absolute Gasteiger partial charge is 0.403 e. The first kappa shape index (κ1) is 9.97. The highest BCUT2D eigenvalue weighted by atomic mass is 127. The van der Waals surface area contributed by atoms with Gasteiger partial charge in [0.05, 0.1) is 9.58 Å². The average Bonchev–Trinajstić information content (AvgIpc) is 2.84. The zero-order valence-corrected chi connectivity index (χ0v) is 10.8. The van der Waals surface area contributed by atoms with Crippen molar-refractivity contribution in [3.8, 4) is 10.8 Å². The highest BCUT2D eigenvalue weighted by molar-refractivity contribution is 14.1. The van der Waals surface area contributed by atoms with Gasteiger partial charge in [-0.3, -0.25) is 4.98 Å². The zero-order valence-electron chi connectivity index (χ0n) is 7.85. The topological polar surface area (TPSA) is 77.8 Å². The van der Waals surface area contributed by atoms with Crippen molar-refractivity contribution in [3.05, 3.63) is 22.0 Å². The summed E-state index contributed by atoms with van der Waals surface area (Å²) in [5.74, 6) is 0.453. The molecule has 0 saturated carbocycles. The van der Waals surface area contributed by atoms with Crippen LogP contribution in [0.25, 0.3) is 20.9 Å². The SMILES string of the molecule is Nc1nnc(-c2cc3c(I)cncc3s2)o1. The quantitative estimate of drug-likeness (QED) is 0.687. The second-order valence-corrected chi connectivity index (χ2v) is 5.34. The summed E-state index contributed by atoms with van der Waals surface area (Å²) in [6.07, 6.45) is 3.65. The van der Waals surface area contributed by atoms with Gasteiger partial charge in [0.1, 0.15) is 0 Å². The summed E-state index contributed by atoms with van der Waals surface area (Å²) in [6.45, 7) is 0. The van der Waals surface area contributed by atoms with E-state index in [4.69, 9.17) is 10.2 Å². The number of thiophene rings is 1. The van der Waals surface area contributed by atoms with E-state index in [9.17, 15) is 0 Å². The minimum Gasteiger partial charge on any atom is -0.403 e. The summed E-state index contributed by atoms with van der Waals surface area (Å²) in [4.78, 5) is 5.04. The van der Waals surface area contributed by atoms with Crippen LogP contribution in [-0.4, -0.2) is 15.2 Å². The minimum absolute atomic E-state index is 0.0836. The number of fused-ring (bicyclic) bond motifs is 1. The Hall–Kier alpha value is -1.22. The number of nitrogen functional groups attached to an aromatic ring is 1. The average molecular weight is 344 g/mol. The van der Waals surface area contributed by atoms with Crippen molar-refractivity contribution in [2.75, 3.05) is 5.73 Å². The molecule has 0 aliphatic carbocycles. The molecule has 16 heavy (non-hydrogen) atoms. The Kier molecular flexibility index (Phi) is 2.28. The molecule has 3 aromatic rings. The van der Waals surface area contributed by atoms with Crippen molar-refractivity contribution in [1.29, 1.82) is 0 Å². The van der Waals surface area contributed by atoms with Crippen LogP contribution >= 0.6 is 33.9 Å². The number of anilines is 1.